The van der Waals surface area contributed by atoms with Crippen LogP contribution in [0.3, 0.4) is 0 Å². The molecule has 8 heteroatoms. The summed E-state index contributed by atoms with van der Waals surface area (Å²) in [5, 5.41) is 15.9. The number of rotatable bonds is 4. The van der Waals surface area contributed by atoms with Gasteiger partial charge >= 0.3 is 0 Å². The monoisotopic (exact) mass is 502 g/mol. The number of nitrogens with zero attached hydrogens (tertiary/aromatic N) is 4. The second-order valence-electron chi connectivity index (χ2n) is 9.05. The molecule has 0 spiro atoms. The van der Waals surface area contributed by atoms with Crippen LogP contribution in [0.2, 0.25) is 0 Å². The number of ether oxygens (including phenoxy) is 1. The Balaban J connectivity index is 0.00000225. The number of hydrogen-bond donors (Lipinski definition) is 2. The maximum atomic E-state index is 5.95. The summed E-state index contributed by atoms with van der Waals surface area (Å²) < 4.78 is 7.96. The van der Waals surface area contributed by atoms with Crippen molar-refractivity contribution in [3.63, 3.8) is 0 Å². The first-order valence-corrected chi connectivity index (χ1v) is 10.5. The van der Waals surface area contributed by atoms with Crippen LogP contribution in [0.25, 0.3) is 0 Å². The van der Waals surface area contributed by atoms with Crippen LogP contribution in [-0.2, 0) is 18.3 Å². The van der Waals surface area contributed by atoms with E-state index in [1.807, 2.05) is 18.5 Å². The van der Waals surface area contributed by atoms with Gasteiger partial charge in [0.2, 0.25) is 0 Å². The average Bonchev–Trinajstić information content (AvgIpc) is 3.25. The van der Waals surface area contributed by atoms with Crippen LogP contribution >= 0.6 is 24.0 Å². The lowest BCUT2D eigenvalue weighted by atomic mass is 9.57. The molecule has 2 saturated carbocycles. The number of guanidine groups is 1. The Kier molecular flexibility index (Phi) is 6.89. The van der Waals surface area contributed by atoms with Gasteiger partial charge in [-0.15, -0.1) is 34.2 Å². The average molecular weight is 502 g/mol. The first-order valence-electron chi connectivity index (χ1n) is 10.5. The maximum absolute atomic E-state index is 5.95. The predicted octanol–water partition coefficient (Wildman–Crippen LogP) is 2.92. The molecular weight excluding hydrogens is 467 g/mol. The summed E-state index contributed by atoms with van der Waals surface area (Å²) in [6.45, 7) is 8.01. The number of aliphatic imine (C=N–C) groups is 1. The molecule has 2 heterocycles. The number of halogens is 1. The highest BCUT2D eigenvalue weighted by molar-refractivity contribution is 14.0. The van der Waals surface area contributed by atoms with Gasteiger partial charge in [-0.25, -0.2) is 4.99 Å². The van der Waals surface area contributed by atoms with Crippen LogP contribution < -0.4 is 10.6 Å². The topological polar surface area (TPSA) is 76.4 Å². The molecule has 28 heavy (non-hydrogen) atoms. The Morgan fingerprint density at radius 3 is 2.61 bits per heavy atom. The number of aryl methyl sites for hydroxylation is 1. The highest BCUT2D eigenvalue weighted by atomic mass is 127. The van der Waals surface area contributed by atoms with E-state index in [0.717, 1.165) is 30.6 Å². The van der Waals surface area contributed by atoms with Gasteiger partial charge in [-0.3, -0.25) is 0 Å². The van der Waals surface area contributed by atoms with Crippen LogP contribution in [0.1, 0.15) is 64.0 Å². The fourth-order valence-corrected chi connectivity index (χ4v) is 5.08. The van der Waals surface area contributed by atoms with E-state index in [4.69, 9.17) is 9.73 Å². The van der Waals surface area contributed by atoms with Gasteiger partial charge in [-0.2, -0.15) is 0 Å². The SMILES string of the molecule is Cc1nnc(CN=C(NC2CCCCC2)NC2C3CCOC3C2(C)C)n1C.I. The zero-order chi connectivity index (χ0) is 19.0. The van der Waals surface area contributed by atoms with E-state index in [9.17, 15) is 0 Å². The Morgan fingerprint density at radius 2 is 1.93 bits per heavy atom. The largest absolute Gasteiger partial charge is 0.377 e. The van der Waals surface area contributed by atoms with Crippen molar-refractivity contribution in [3.05, 3.63) is 11.6 Å². The molecule has 3 unspecified atom stereocenters. The van der Waals surface area contributed by atoms with E-state index in [0.29, 0.717) is 30.7 Å². The molecule has 1 aromatic heterocycles. The molecule has 1 aliphatic heterocycles. The smallest absolute Gasteiger partial charge is 0.192 e. The van der Waals surface area contributed by atoms with Gasteiger partial charge in [0.05, 0.1) is 6.10 Å². The van der Waals surface area contributed by atoms with Crippen molar-refractivity contribution in [1.29, 1.82) is 0 Å². The van der Waals surface area contributed by atoms with Crippen molar-refractivity contribution < 1.29 is 4.74 Å². The van der Waals surface area contributed by atoms with Crippen molar-refractivity contribution in [1.82, 2.24) is 25.4 Å². The van der Waals surface area contributed by atoms with Crippen LogP contribution in [-0.4, -0.2) is 45.5 Å². The molecule has 158 valence electrons. The molecule has 3 aliphatic rings. The highest BCUT2D eigenvalue weighted by Gasteiger charge is 2.59. The predicted molar refractivity (Wildman–Crippen MR) is 121 cm³/mol. The third-order valence-corrected chi connectivity index (χ3v) is 6.90. The quantitative estimate of drug-likeness (QED) is 0.376. The lowest BCUT2D eigenvalue weighted by Gasteiger charge is -2.55. The molecule has 0 radical (unpaired) electrons. The fraction of sp³-hybridized carbons (Fsp3) is 0.850. The third-order valence-electron chi connectivity index (χ3n) is 6.90. The highest BCUT2D eigenvalue weighted by Crippen LogP contribution is 2.52. The normalized spacial score (nSPS) is 29.6. The molecule has 0 amide bonds. The van der Waals surface area contributed by atoms with E-state index < -0.39 is 0 Å². The molecule has 3 atom stereocenters. The van der Waals surface area contributed by atoms with E-state index in [1.165, 1.54) is 32.1 Å². The minimum atomic E-state index is 0. The Labute approximate surface area is 185 Å². The van der Waals surface area contributed by atoms with Gasteiger partial charge < -0.3 is 19.9 Å². The van der Waals surface area contributed by atoms with E-state index in [-0.39, 0.29) is 29.4 Å². The summed E-state index contributed by atoms with van der Waals surface area (Å²) in [4.78, 5) is 4.89. The molecule has 7 nitrogen and oxygen atoms in total. The van der Waals surface area contributed by atoms with Gasteiger partial charge in [0.1, 0.15) is 12.4 Å². The van der Waals surface area contributed by atoms with Gasteiger partial charge in [0.15, 0.2) is 11.8 Å². The molecule has 2 N–H and O–H groups in total. The summed E-state index contributed by atoms with van der Waals surface area (Å²) in [7, 11) is 2.00. The summed E-state index contributed by atoms with van der Waals surface area (Å²) in [6.07, 6.45) is 7.95. The first kappa shape index (κ1) is 21.8. The first-order chi connectivity index (χ1) is 13.0. The van der Waals surface area contributed by atoms with Crippen LogP contribution in [0.5, 0.6) is 0 Å². The standard InChI is InChI=1S/C20H34N6O.HI/c1-13-24-25-16(26(13)4)12-21-19(22-14-8-6-5-7-9-14)23-17-15-10-11-27-18(15)20(17,2)3;/h14-15,17-18H,5-12H2,1-4H3,(H2,21,22,23);1H. The summed E-state index contributed by atoms with van der Waals surface area (Å²) in [5.74, 6) is 3.33. The van der Waals surface area contributed by atoms with Crippen molar-refractivity contribution in [3.8, 4) is 0 Å². The van der Waals surface area contributed by atoms with Crippen molar-refractivity contribution in [2.24, 2.45) is 23.4 Å². The lowest BCUT2D eigenvalue weighted by Crippen LogP contribution is -2.68. The Bertz CT molecular complexity index is 697. The molecule has 0 bridgehead atoms. The van der Waals surface area contributed by atoms with Gasteiger partial charge in [-0.1, -0.05) is 33.1 Å². The van der Waals surface area contributed by atoms with Crippen molar-refractivity contribution in [2.45, 2.75) is 84.0 Å². The summed E-state index contributed by atoms with van der Waals surface area (Å²) >= 11 is 0. The fourth-order valence-electron chi connectivity index (χ4n) is 5.08. The maximum Gasteiger partial charge on any atom is 0.192 e. The Hall–Kier alpha value is -0.900. The van der Waals surface area contributed by atoms with Gasteiger partial charge in [0.25, 0.3) is 0 Å². The molecule has 3 fully saturated rings. The second-order valence-corrected chi connectivity index (χ2v) is 9.05. The lowest BCUT2D eigenvalue weighted by molar-refractivity contribution is -0.106. The Morgan fingerprint density at radius 1 is 1.18 bits per heavy atom. The van der Waals surface area contributed by atoms with Crippen molar-refractivity contribution >= 4 is 29.9 Å². The molecule has 2 aliphatic carbocycles. The molecular formula is C20H35IN6O. The minimum absolute atomic E-state index is 0. The van der Waals surface area contributed by atoms with Gasteiger partial charge in [0, 0.05) is 37.1 Å². The van der Waals surface area contributed by atoms with E-state index in [2.05, 4.69) is 34.7 Å². The van der Waals surface area contributed by atoms with Gasteiger partial charge in [-0.05, 0) is 26.2 Å². The zero-order valence-corrected chi connectivity index (χ0v) is 19.9. The van der Waals surface area contributed by atoms with Crippen molar-refractivity contribution in [2.75, 3.05) is 6.61 Å². The minimum Gasteiger partial charge on any atom is -0.377 e. The third kappa shape index (κ3) is 4.17. The zero-order valence-electron chi connectivity index (χ0n) is 17.6. The molecule has 4 rings (SSSR count). The van der Waals surface area contributed by atoms with Crippen LogP contribution in [0.15, 0.2) is 4.99 Å². The molecule has 1 saturated heterocycles. The number of nitrogens with one attached hydrogen (secondary N) is 2. The molecule has 0 aromatic carbocycles. The van der Waals surface area contributed by atoms with E-state index in [1.54, 1.807) is 0 Å². The van der Waals surface area contributed by atoms with Crippen LogP contribution in [0.4, 0.5) is 0 Å². The number of aromatic nitrogens is 3. The second kappa shape index (κ2) is 8.85. The number of hydrogen-bond acceptors (Lipinski definition) is 4. The van der Waals surface area contributed by atoms with Crippen LogP contribution in [0, 0.1) is 18.3 Å². The summed E-state index contributed by atoms with van der Waals surface area (Å²) in [6, 6.07) is 0.922. The number of fused-ring (bicyclic) bond motifs is 1. The summed E-state index contributed by atoms with van der Waals surface area (Å²) in [5.41, 5.74) is 0.136. The molecule has 1 aromatic rings. The van der Waals surface area contributed by atoms with E-state index >= 15 is 0 Å².